The van der Waals surface area contributed by atoms with Crippen LogP contribution in [0.2, 0.25) is 0 Å². The molecule has 0 spiro atoms. The van der Waals surface area contributed by atoms with E-state index in [1.807, 2.05) is 25.1 Å². The van der Waals surface area contributed by atoms with Crippen molar-refractivity contribution >= 4 is 11.9 Å². The lowest BCUT2D eigenvalue weighted by molar-refractivity contribution is -0.132. The number of nitrogens with zero attached hydrogens (tertiary/aromatic N) is 2. The molecule has 24 heavy (non-hydrogen) atoms. The zero-order chi connectivity index (χ0) is 17.2. The molecule has 2 heterocycles. The zero-order valence-electron chi connectivity index (χ0n) is 14.6. The Morgan fingerprint density at radius 2 is 1.83 bits per heavy atom. The molecule has 5 nitrogen and oxygen atoms in total. The van der Waals surface area contributed by atoms with Gasteiger partial charge in [0, 0.05) is 13.1 Å². The fraction of sp³-hybridized carbons (Fsp3) is 0.579. The van der Waals surface area contributed by atoms with Crippen molar-refractivity contribution < 1.29 is 9.59 Å². The van der Waals surface area contributed by atoms with Crippen molar-refractivity contribution in [1.82, 2.24) is 15.1 Å². The number of imide groups is 1. The van der Waals surface area contributed by atoms with Gasteiger partial charge in [0.05, 0.1) is 6.67 Å². The number of aryl methyl sites for hydroxylation is 1. The Balaban J connectivity index is 1.60. The predicted octanol–water partition coefficient (Wildman–Crippen LogP) is 2.62. The van der Waals surface area contributed by atoms with Crippen molar-refractivity contribution in [3.8, 4) is 0 Å². The Labute approximate surface area is 144 Å². The average molecular weight is 329 g/mol. The number of piperidine rings is 1. The van der Waals surface area contributed by atoms with Crippen molar-refractivity contribution in [2.75, 3.05) is 19.8 Å². The molecule has 1 N–H and O–H groups in total. The lowest BCUT2D eigenvalue weighted by Crippen LogP contribution is -2.47. The topological polar surface area (TPSA) is 52.6 Å². The molecule has 2 aliphatic heterocycles. The normalized spacial score (nSPS) is 26.0. The number of carbonyl (C=O) groups excluding carboxylic acids is 2. The van der Waals surface area contributed by atoms with Gasteiger partial charge in [-0.15, -0.1) is 0 Å². The molecule has 1 atom stereocenters. The van der Waals surface area contributed by atoms with E-state index in [9.17, 15) is 9.59 Å². The highest BCUT2D eigenvalue weighted by atomic mass is 16.2. The van der Waals surface area contributed by atoms with E-state index in [-0.39, 0.29) is 11.9 Å². The second-order valence-corrected chi connectivity index (χ2v) is 7.42. The molecular weight excluding hydrogens is 302 g/mol. The SMILES string of the molecule is CC1CCN(CN2C(=O)N[C@](C)(CCc3ccccc3)C2=O)CC1. The molecule has 2 aliphatic rings. The van der Waals surface area contributed by atoms with Crippen molar-refractivity contribution in [2.45, 2.75) is 45.1 Å². The maximum Gasteiger partial charge on any atom is 0.326 e. The number of nitrogens with one attached hydrogen (secondary N) is 1. The summed E-state index contributed by atoms with van der Waals surface area (Å²) in [7, 11) is 0. The molecule has 0 aliphatic carbocycles. The van der Waals surface area contributed by atoms with Crippen LogP contribution < -0.4 is 5.32 Å². The van der Waals surface area contributed by atoms with E-state index < -0.39 is 5.54 Å². The number of likely N-dealkylation sites (tertiary alicyclic amines) is 1. The zero-order valence-corrected chi connectivity index (χ0v) is 14.6. The summed E-state index contributed by atoms with van der Waals surface area (Å²) in [5.74, 6) is 0.641. The average Bonchev–Trinajstić information content (AvgIpc) is 2.80. The lowest BCUT2D eigenvalue weighted by atomic mass is 9.93. The Morgan fingerprint density at radius 1 is 1.17 bits per heavy atom. The Morgan fingerprint density at radius 3 is 2.50 bits per heavy atom. The van der Waals surface area contributed by atoms with Gasteiger partial charge in [-0.25, -0.2) is 9.69 Å². The van der Waals surface area contributed by atoms with Crippen LogP contribution in [0.5, 0.6) is 0 Å². The van der Waals surface area contributed by atoms with Crippen molar-refractivity contribution in [3.63, 3.8) is 0 Å². The number of carbonyl (C=O) groups is 2. The lowest BCUT2D eigenvalue weighted by Gasteiger charge is -2.32. The molecule has 2 saturated heterocycles. The van der Waals surface area contributed by atoms with Gasteiger partial charge in [-0.3, -0.25) is 9.69 Å². The van der Waals surface area contributed by atoms with Gasteiger partial charge < -0.3 is 5.32 Å². The van der Waals surface area contributed by atoms with Crippen LogP contribution in [0.25, 0.3) is 0 Å². The molecule has 0 aromatic heterocycles. The van der Waals surface area contributed by atoms with E-state index in [1.165, 1.54) is 10.5 Å². The summed E-state index contributed by atoms with van der Waals surface area (Å²) >= 11 is 0. The van der Waals surface area contributed by atoms with Gasteiger partial charge in [0.15, 0.2) is 0 Å². The summed E-state index contributed by atoms with van der Waals surface area (Å²) in [6.07, 6.45) is 3.66. The molecule has 1 aromatic rings. The monoisotopic (exact) mass is 329 g/mol. The Bertz CT molecular complexity index is 596. The predicted molar refractivity (Wildman–Crippen MR) is 93.4 cm³/mol. The molecule has 1 aromatic carbocycles. The standard InChI is InChI=1S/C19H27N3O2/c1-15-9-12-21(13-10-15)14-22-17(23)19(2,20-18(22)24)11-8-16-6-4-3-5-7-16/h3-7,15H,8-14H2,1-2H3,(H,20,24)/t19-/m1/s1. The number of rotatable bonds is 5. The third-order valence-corrected chi connectivity index (χ3v) is 5.32. The summed E-state index contributed by atoms with van der Waals surface area (Å²) < 4.78 is 0. The summed E-state index contributed by atoms with van der Waals surface area (Å²) in [6, 6.07) is 9.82. The molecule has 0 unspecified atom stereocenters. The highest BCUT2D eigenvalue weighted by Crippen LogP contribution is 2.24. The second-order valence-electron chi connectivity index (χ2n) is 7.42. The molecule has 0 bridgehead atoms. The maximum absolute atomic E-state index is 12.8. The van der Waals surface area contributed by atoms with E-state index in [2.05, 4.69) is 29.3 Å². The van der Waals surface area contributed by atoms with Gasteiger partial charge in [0.2, 0.25) is 0 Å². The van der Waals surface area contributed by atoms with E-state index in [0.717, 1.165) is 38.3 Å². The van der Waals surface area contributed by atoms with Crippen LogP contribution in [0.4, 0.5) is 4.79 Å². The third kappa shape index (κ3) is 3.61. The van der Waals surface area contributed by atoms with Gasteiger partial charge in [-0.05, 0) is 44.1 Å². The molecule has 5 heteroatoms. The van der Waals surface area contributed by atoms with Crippen LogP contribution in [-0.2, 0) is 11.2 Å². The highest BCUT2D eigenvalue weighted by molar-refractivity contribution is 6.06. The van der Waals surface area contributed by atoms with Gasteiger partial charge in [-0.1, -0.05) is 37.3 Å². The fourth-order valence-electron chi connectivity index (χ4n) is 3.49. The molecule has 2 fully saturated rings. The van der Waals surface area contributed by atoms with Crippen molar-refractivity contribution in [2.24, 2.45) is 5.92 Å². The molecule has 0 radical (unpaired) electrons. The fourth-order valence-corrected chi connectivity index (χ4v) is 3.49. The highest BCUT2D eigenvalue weighted by Gasteiger charge is 2.47. The first-order valence-electron chi connectivity index (χ1n) is 8.88. The van der Waals surface area contributed by atoms with Gasteiger partial charge in [-0.2, -0.15) is 0 Å². The number of urea groups is 1. The first-order valence-corrected chi connectivity index (χ1v) is 8.88. The Hall–Kier alpha value is -1.88. The second kappa shape index (κ2) is 6.93. The number of benzene rings is 1. The van der Waals surface area contributed by atoms with E-state index in [4.69, 9.17) is 0 Å². The van der Waals surface area contributed by atoms with Crippen molar-refractivity contribution in [3.05, 3.63) is 35.9 Å². The van der Waals surface area contributed by atoms with Crippen LogP contribution in [0.3, 0.4) is 0 Å². The van der Waals surface area contributed by atoms with Gasteiger partial charge >= 0.3 is 6.03 Å². The van der Waals surface area contributed by atoms with Crippen LogP contribution >= 0.6 is 0 Å². The smallest absolute Gasteiger partial charge is 0.323 e. The minimum Gasteiger partial charge on any atom is -0.323 e. The minimum atomic E-state index is -0.796. The molecule has 0 saturated carbocycles. The van der Waals surface area contributed by atoms with E-state index in [0.29, 0.717) is 13.1 Å². The first-order chi connectivity index (χ1) is 11.5. The van der Waals surface area contributed by atoms with E-state index in [1.54, 1.807) is 0 Å². The largest absolute Gasteiger partial charge is 0.326 e. The molecule has 3 rings (SSSR count). The Kier molecular flexibility index (Phi) is 4.90. The number of amides is 3. The molecule has 3 amide bonds. The number of hydrogen-bond donors (Lipinski definition) is 1. The first kappa shape index (κ1) is 17.0. The van der Waals surface area contributed by atoms with Crippen LogP contribution in [0.1, 0.15) is 38.7 Å². The van der Waals surface area contributed by atoms with Crippen LogP contribution in [0, 0.1) is 5.92 Å². The summed E-state index contributed by atoms with van der Waals surface area (Å²) in [6.45, 7) is 6.43. The summed E-state index contributed by atoms with van der Waals surface area (Å²) in [4.78, 5) is 28.7. The number of hydrogen-bond acceptors (Lipinski definition) is 3. The third-order valence-electron chi connectivity index (χ3n) is 5.32. The van der Waals surface area contributed by atoms with Gasteiger partial charge in [0.25, 0.3) is 5.91 Å². The van der Waals surface area contributed by atoms with Crippen LogP contribution in [0.15, 0.2) is 30.3 Å². The van der Waals surface area contributed by atoms with Crippen molar-refractivity contribution in [1.29, 1.82) is 0 Å². The van der Waals surface area contributed by atoms with Gasteiger partial charge in [0.1, 0.15) is 5.54 Å². The van der Waals surface area contributed by atoms with E-state index >= 15 is 0 Å². The summed E-state index contributed by atoms with van der Waals surface area (Å²) in [5.41, 5.74) is 0.389. The minimum absolute atomic E-state index is 0.0953. The van der Waals surface area contributed by atoms with Crippen LogP contribution in [-0.4, -0.2) is 47.0 Å². The molecule has 130 valence electrons. The quantitative estimate of drug-likeness (QED) is 0.845. The maximum atomic E-state index is 12.8. The summed E-state index contributed by atoms with van der Waals surface area (Å²) in [5, 5.41) is 2.91. The molecular formula is C19H27N3O2.